The fraction of sp³-hybridized carbons (Fsp3) is 0.923. The van der Waals surface area contributed by atoms with Crippen molar-refractivity contribution in [1.29, 1.82) is 0 Å². The van der Waals surface area contributed by atoms with Gasteiger partial charge in [-0.05, 0) is 38.5 Å². The molecule has 3 heterocycles. The van der Waals surface area contributed by atoms with Gasteiger partial charge in [0.05, 0.1) is 50.7 Å². The zero-order chi connectivity index (χ0) is 64.7. The van der Waals surface area contributed by atoms with E-state index in [0.29, 0.717) is 19.3 Å². The van der Waals surface area contributed by atoms with Crippen LogP contribution in [-0.2, 0) is 42.8 Å². The number of aliphatic hydroxyl groups excluding tert-OH is 11. The van der Waals surface area contributed by atoms with Crippen LogP contribution in [0.3, 0.4) is 0 Å². The van der Waals surface area contributed by atoms with Crippen molar-refractivity contribution in [3.05, 3.63) is 12.2 Å². The molecule has 14 N–H and O–H groups in total. The van der Waals surface area contributed by atoms with E-state index in [1.54, 1.807) is 0 Å². The van der Waals surface area contributed by atoms with E-state index in [1.165, 1.54) is 116 Å². The van der Waals surface area contributed by atoms with Gasteiger partial charge in [-0.3, -0.25) is 9.59 Å². The molecule has 516 valence electrons. The summed E-state index contributed by atoms with van der Waals surface area (Å²) in [6.45, 7) is 2.19. The molecule has 0 spiro atoms. The summed E-state index contributed by atoms with van der Waals surface area (Å²) in [6.07, 6.45) is 13.6. The number of aliphatic hydroxyl groups is 11. The number of aliphatic carboxylic acids is 1. The highest BCUT2D eigenvalue weighted by Crippen LogP contribution is 2.39. The molecular formula is C65H120N2O21. The molecule has 3 fully saturated rings. The van der Waals surface area contributed by atoms with Crippen LogP contribution in [-0.4, -0.2) is 215 Å². The lowest BCUT2D eigenvalue weighted by Gasteiger charge is -2.50. The highest BCUT2D eigenvalue weighted by Gasteiger charge is 2.60. The van der Waals surface area contributed by atoms with Crippen LogP contribution in [0.25, 0.3) is 0 Å². The Balaban J connectivity index is 1.59. The van der Waals surface area contributed by atoms with Crippen LogP contribution >= 0.6 is 0 Å². The van der Waals surface area contributed by atoms with E-state index >= 15 is 0 Å². The summed E-state index contributed by atoms with van der Waals surface area (Å²) in [4.78, 5) is 38.5. The summed E-state index contributed by atoms with van der Waals surface area (Å²) < 4.78 is 34.8. The monoisotopic (exact) mass is 1260 g/mol. The molecule has 0 aromatic rings. The summed E-state index contributed by atoms with van der Waals surface area (Å²) in [6, 6.07) is -2.53. The molecule has 0 bridgehead atoms. The smallest absolute Gasteiger partial charge is 0.364 e. The first-order valence-electron chi connectivity index (χ1n) is 34.0. The van der Waals surface area contributed by atoms with E-state index in [4.69, 9.17) is 28.4 Å². The second-order valence-electron chi connectivity index (χ2n) is 25.0. The quantitative estimate of drug-likeness (QED) is 0.0264. The molecule has 3 aliphatic rings. The van der Waals surface area contributed by atoms with Crippen molar-refractivity contribution in [2.75, 3.05) is 26.4 Å². The van der Waals surface area contributed by atoms with E-state index in [-0.39, 0.29) is 18.9 Å². The molecule has 0 saturated carbocycles. The van der Waals surface area contributed by atoms with Gasteiger partial charge in [-0.1, -0.05) is 199 Å². The molecule has 23 nitrogen and oxygen atoms in total. The van der Waals surface area contributed by atoms with Crippen molar-refractivity contribution < 1.29 is 104 Å². The first-order valence-corrected chi connectivity index (χ1v) is 34.0. The van der Waals surface area contributed by atoms with Crippen molar-refractivity contribution in [1.82, 2.24) is 10.6 Å². The first kappa shape index (κ1) is 79.7. The largest absolute Gasteiger partial charge is 0.477 e. The number of unbranched alkanes of at least 4 members (excludes halogenated alkanes) is 29. The van der Waals surface area contributed by atoms with Crippen LogP contribution in [0.4, 0.5) is 0 Å². The lowest BCUT2D eigenvalue weighted by atomic mass is 9.88. The molecule has 0 aromatic heterocycles. The van der Waals surface area contributed by atoms with Crippen molar-refractivity contribution in [3.8, 4) is 0 Å². The number of carboxylic acids is 1. The third kappa shape index (κ3) is 29.2. The van der Waals surface area contributed by atoms with Gasteiger partial charge >= 0.3 is 5.97 Å². The Bertz CT molecular complexity index is 1840. The van der Waals surface area contributed by atoms with Crippen molar-refractivity contribution in [2.45, 2.75) is 355 Å². The summed E-state index contributed by atoms with van der Waals surface area (Å²) in [5.41, 5.74) is 0. The topological polar surface area (TPSA) is 373 Å². The third-order valence-corrected chi connectivity index (χ3v) is 17.5. The molecule has 3 rings (SSSR count). The molecule has 18 atom stereocenters. The number of ether oxygens (including phenoxy) is 6. The number of hydrogen-bond acceptors (Lipinski definition) is 20. The van der Waals surface area contributed by atoms with E-state index in [2.05, 4.69) is 36.6 Å². The highest BCUT2D eigenvalue weighted by molar-refractivity contribution is 5.77. The molecule has 0 radical (unpaired) electrons. The minimum atomic E-state index is -3.08. The van der Waals surface area contributed by atoms with Gasteiger partial charge in [0.1, 0.15) is 67.1 Å². The Kier molecular flexibility index (Phi) is 42.1. The number of rotatable bonds is 51. The summed E-state index contributed by atoms with van der Waals surface area (Å²) in [5.74, 6) is -6.10. The van der Waals surface area contributed by atoms with Crippen molar-refractivity contribution >= 4 is 17.8 Å². The van der Waals surface area contributed by atoms with Crippen LogP contribution in [0.15, 0.2) is 12.2 Å². The van der Waals surface area contributed by atoms with E-state index < -0.39 is 148 Å². The molecule has 3 aliphatic heterocycles. The van der Waals surface area contributed by atoms with Crippen LogP contribution in [0, 0.1) is 0 Å². The summed E-state index contributed by atoms with van der Waals surface area (Å²) in [7, 11) is 0. The highest BCUT2D eigenvalue weighted by atomic mass is 16.8. The Morgan fingerprint density at radius 3 is 1.53 bits per heavy atom. The van der Waals surface area contributed by atoms with Crippen molar-refractivity contribution in [2.24, 2.45) is 0 Å². The summed E-state index contributed by atoms with van der Waals surface area (Å²) in [5, 5.41) is 136. The normalized spacial score (nSPS) is 29.0. The Hall–Kier alpha value is -2.53. The third-order valence-electron chi connectivity index (χ3n) is 17.5. The van der Waals surface area contributed by atoms with E-state index in [9.17, 15) is 75.7 Å². The van der Waals surface area contributed by atoms with Crippen molar-refractivity contribution in [3.63, 3.8) is 0 Å². The van der Waals surface area contributed by atoms with Crippen LogP contribution < -0.4 is 10.6 Å². The second kappa shape index (κ2) is 46.5. The Morgan fingerprint density at radius 1 is 0.580 bits per heavy atom. The van der Waals surface area contributed by atoms with E-state index in [0.717, 1.165) is 84.0 Å². The van der Waals surface area contributed by atoms with Gasteiger partial charge < -0.3 is 100 Å². The van der Waals surface area contributed by atoms with Gasteiger partial charge in [0.15, 0.2) is 12.6 Å². The molecule has 2 amide bonds. The van der Waals surface area contributed by atoms with Gasteiger partial charge in [-0.15, -0.1) is 0 Å². The fourth-order valence-corrected chi connectivity index (χ4v) is 12.0. The maximum Gasteiger partial charge on any atom is 0.364 e. The van der Waals surface area contributed by atoms with E-state index in [1.807, 2.05) is 0 Å². The number of nitrogens with one attached hydrogen (secondary N) is 2. The zero-order valence-electron chi connectivity index (χ0n) is 53.6. The molecule has 23 heteroatoms. The maximum atomic E-state index is 13.4. The predicted molar refractivity (Wildman–Crippen MR) is 329 cm³/mol. The maximum absolute atomic E-state index is 13.4. The SMILES string of the molecule is CCCCCCCCCCCC/C=C\CCCCCCCCCC(=O)NC(COC1OC(CO)C(OC2OC(CO)C(O)C(OC3(C(=O)O)CC(O)C(NC(C)=O)C(C(O)C(O)CO)O3)C2O)C(O)C1O)C(O)CCCCCCCCCCCCCCC. The van der Waals surface area contributed by atoms with Gasteiger partial charge in [0.25, 0.3) is 5.79 Å². The lowest BCUT2D eigenvalue weighted by molar-refractivity contribution is -0.386. The molecule has 0 aliphatic carbocycles. The standard InChI is InChI=1S/C65H120N2O21/c1-4-6-8-10-12-14-16-18-19-20-21-22-23-24-25-27-29-31-33-35-37-39-52(75)67-46(47(72)38-36-34-32-30-28-26-17-15-13-11-9-7-5-2)44-83-62-57(79)56(78)59(51(43-70)85-62)86-63-58(80)61(55(77)50(42-69)84-63)88-65(64(81)82)40-48(73)53(66-45(3)71)60(87-65)54(76)49(74)41-68/h22-23,46-51,53-63,68-70,72-74,76-80H,4-21,24-44H2,1-3H3,(H,66,71)(H,67,75)(H,81,82)/b23-22-. The number of carbonyl (C=O) groups is 3. The van der Waals surface area contributed by atoms with Crippen LogP contribution in [0.5, 0.6) is 0 Å². The lowest BCUT2D eigenvalue weighted by Crippen LogP contribution is -2.70. The second-order valence-corrected chi connectivity index (χ2v) is 25.0. The number of hydrogen-bond donors (Lipinski definition) is 14. The number of amides is 2. The van der Waals surface area contributed by atoms with Gasteiger partial charge in [-0.2, -0.15) is 0 Å². The molecule has 0 aromatic carbocycles. The predicted octanol–water partition coefficient (Wildman–Crippen LogP) is 5.51. The molecule has 3 saturated heterocycles. The Labute approximate surface area is 524 Å². The molecular weight excluding hydrogens is 1140 g/mol. The number of carboxylic acid groups (broad SMARTS) is 1. The average molecular weight is 1270 g/mol. The minimum Gasteiger partial charge on any atom is -0.477 e. The zero-order valence-corrected chi connectivity index (χ0v) is 53.6. The fourth-order valence-electron chi connectivity index (χ4n) is 12.0. The van der Waals surface area contributed by atoms with Gasteiger partial charge in [0, 0.05) is 19.8 Å². The molecule has 88 heavy (non-hydrogen) atoms. The Morgan fingerprint density at radius 2 is 1.06 bits per heavy atom. The van der Waals surface area contributed by atoms with Crippen LogP contribution in [0.1, 0.15) is 245 Å². The first-order chi connectivity index (χ1) is 42.4. The number of allylic oxidation sites excluding steroid dienone is 2. The van der Waals surface area contributed by atoms with Gasteiger partial charge in [0.2, 0.25) is 11.8 Å². The van der Waals surface area contributed by atoms with Gasteiger partial charge in [-0.25, -0.2) is 4.79 Å². The molecule has 18 unspecified atom stereocenters. The minimum absolute atomic E-state index is 0.220. The summed E-state index contributed by atoms with van der Waals surface area (Å²) >= 11 is 0. The average Bonchev–Trinajstić information content (AvgIpc) is 0.825. The van der Waals surface area contributed by atoms with Crippen LogP contribution in [0.2, 0.25) is 0 Å². The number of carbonyl (C=O) groups excluding carboxylic acids is 2.